The second kappa shape index (κ2) is 7.01. The predicted molar refractivity (Wildman–Crippen MR) is 89.9 cm³/mol. The Morgan fingerprint density at radius 1 is 0.909 bits per heavy atom. The van der Waals surface area contributed by atoms with Gasteiger partial charge in [0.25, 0.3) is 0 Å². The Bertz CT molecular complexity index is 748. The summed E-state index contributed by atoms with van der Waals surface area (Å²) in [6.07, 6.45) is 0. The first kappa shape index (κ1) is 16.6. The molecule has 4 nitrogen and oxygen atoms in total. The molecule has 0 heterocycles. The highest BCUT2D eigenvalue weighted by atomic mass is 35.5. The molecule has 0 saturated heterocycles. The van der Waals surface area contributed by atoms with Crippen LogP contribution in [0.5, 0.6) is 0 Å². The molecule has 7 heteroatoms. The molecule has 0 unspecified atom stereocenters. The molecular formula is C15H11Cl3N2O2. The molecule has 2 rings (SSSR count). The summed E-state index contributed by atoms with van der Waals surface area (Å²) >= 11 is 17.6. The predicted octanol–water partition coefficient (Wildman–Crippen LogP) is 4.53. The van der Waals surface area contributed by atoms with Gasteiger partial charge in [-0.25, -0.2) is 0 Å². The number of amides is 2. The van der Waals surface area contributed by atoms with Crippen LogP contribution in [0.25, 0.3) is 0 Å². The largest absolute Gasteiger partial charge is 0.318 e. The fourth-order valence-electron chi connectivity index (χ4n) is 1.73. The molecule has 0 aliphatic rings. The zero-order valence-corrected chi connectivity index (χ0v) is 13.7. The van der Waals surface area contributed by atoms with Crippen LogP contribution in [0.1, 0.15) is 5.56 Å². The third-order valence-electron chi connectivity index (χ3n) is 2.84. The Morgan fingerprint density at radius 2 is 1.55 bits per heavy atom. The van der Waals surface area contributed by atoms with Crippen molar-refractivity contribution in [2.24, 2.45) is 0 Å². The van der Waals surface area contributed by atoms with Gasteiger partial charge in [0.2, 0.25) is 0 Å². The number of carbonyl (C=O) groups is 2. The highest BCUT2D eigenvalue weighted by molar-refractivity contribution is 6.47. The van der Waals surface area contributed by atoms with Gasteiger partial charge >= 0.3 is 11.8 Å². The maximum absolute atomic E-state index is 11.9. The van der Waals surface area contributed by atoms with Crippen molar-refractivity contribution in [3.8, 4) is 0 Å². The van der Waals surface area contributed by atoms with E-state index in [9.17, 15) is 9.59 Å². The summed E-state index contributed by atoms with van der Waals surface area (Å²) in [5, 5.41) is 5.92. The molecule has 0 spiro atoms. The molecule has 114 valence electrons. The van der Waals surface area contributed by atoms with Gasteiger partial charge < -0.3 is 10.6 Å². The van der Waals surface area contributed by atoms with Gasteiger partial charge in [0.1, 0.15) is 0 Å². The average molecular weight is 358 g/mol. The number of aryl methyl sites for hydroxylation is 1. The third-order valence-corrected chi connectivity index (χ3v) is 3.90. The molecular weight excluding hydrogens is 347 g/mol. The summed E-state index contributed by atoms with van der Waals surface area (Å²) in [4.78, 5) is 23.8. The number of halogens is 3. The Kier molecular flexibility index (Phi) is 5.29. The lowest BCUT2D eigenvalue weighted by Crippen LogP contribution is -2.29. The first-order valence-electron chi connectivity index (χ1n) is 6.21. The molecule has 0 aliphatic carbocycles. The van der Waals surface area contributed by atoms with Crippen LogP contribution < -0.4 is 10.6 Å². The number of hydrogen-bond acceptors (Lipinski definition) is 2. The molecule has 2 aromatic rings. The van der Waals surface area contributed by atoms with Crippen molar-refractivity contribution in [3.05, 3.63) is 57.0 Å². The Hall–Kier alpha value is -1.75. The van der Waals surface area contributed by atoms with Crippen LogP contribution in [0.3, 0.4) is 0 Å². The first-order chi connectivity index (χ1) is 10.4. The van der Waals surface area contributed by atoms with Crippen molar-refractivity contribution in [2.75, 3.05) is 10.6 Å². The van der Waals surface area contributed by atoms with Gasteiger partial charge in [0.15, 0.2) is 0 Å². The standard InChI is InChI=1S/C15H11Cl3N2O2/c1-8-7-9(16)5-6-11(8)19-14(21)15(22)20-12-4-2-3-10(17)13(12)18/h2-7H,1H3,(H,19,21)(H,20,22). The maximum Gasteiger partial charge on any atom is 0.314 e. The third kappa shape index (κ3) is 3.91. The van der Waals surface area contributed by atoms with Crippen molar-refractivity contribution in [3.63, 3.8) is 0 Å². The smallest absolute Gasteiger partial charge is 0.314 e. The van der Waals surface area contributed by atoms with Gasteiger partial charge in [-0.3, -0.25) is 9.59 Å². The minimum atomic E-state index is -0.849. The van der Waals surface area contributed by atoms with Crippen LogP contribution >= 0.6 is 34.8 Å². The van der Waals surface area contributed by atoms with E-state index in [2.05, 4.69) is 10.6 Å². The van der Waals surface area contributed by atoms with Gasteiger partial charge in [-0.05, 0) is 42.8 Å². The quantitative estimate of drug-likeness (QED) is 0.776. The molecule has 0 fully saturated rings. The van der Waals surface area contributed by atoms with Crippen LogP contribution in [-0.4, -0.2) is 11.8 Å². The highest BCUT2D eigenvalue weighted by Gasteiger charge is 2.17. The van der Waals surface area contributed by atoms with Gasteiger partial charge in [-0.1, -0.05) is 40.9 Å². The second-order valence-electron chi connectivity index (χ2n) is 4.47. The number of carbonyl (C=O) groups excluding carboxylic acids is 2. The molecule has 2 amide bonds. The number of nitrogens with one attached hydrogen (secondary N) is 2. The fraction of sp³-hybridized carbons (Fsp3) is 0.0667. The van der Waals surface area contributed by atoms with Crippen molar-refractivity contribution >= 4 is 58.0 Å². The topological polar surface area (TPSA) is 58.2 Å². The molecule has 2 N–H and O–H groups in total. The molecule has 22 heavy (non-hydrogen) atoms. The number of benzene rings is 2. The summed E-state index contributed by atoms with van der Waals surface area (Å²) in [5.41, 5.74) is 1.51. The molecule has 0 radical (unpaired) electrons. The zero-order chi connectivity index (χ0) is 16.3. The van der Waals surface area contributed by atoms with Crippen LogP contribution in [-0.2, 0) is 9.59 Å². The average Bonchev–Trinajstić information content (AvgIpc) is 2.46. The summed E-state index contributed by atoms with van der Waals surface area (Å²) < 4.78 is 0. The number of hydrogen-bond donors (Lipinski definition) is 2. The van der Waals surface area contributed by atoms with E-state index in [1.807, 2.05) is 0 Å². The summed E-state index contributed by atoms with van der Waals surface area (Å²) in [5.74, 6) is -1.67. The monoisotopic (exact) mass is 356 g/mol. The lowest BCUT2D eigenvalue weighted by Gasteiger charge is -2.10. The molecule has 0 bridgehead atoms. The SMILES string of the molecule is Cc1cc(Cl)ccc1NC(=O)C(=O)Nc1cccc(Cl)c1Cl. The Morgan fingerprint density at radius 3 is 2.18 bits per heavy atom. The normalized spacial score (nSPS) is 10.2. The van der Waals surface area contributed by atoms with E-state index in [-0.39, 0.29) is 15.7 Å². The van der Waals surface area contributed by atoms with Crippen molar-refractivity contribution in [1.29, 1.82) is 0 Å². The molecule has 0 aromatic heterocycles. The van der Waals surface area contributed by atoms with E-state index < -0.39 is 11.8 Å². The summed E-state index contributed by atoms with van der Waals surface area (Å²) in [6.45, 7) is 1.77. The lowest BCUT2D eigenvalue weighted by molar-refractivity contribution is -0.133. The molecule has 0 atom stereocenters. The molecule has 0 saturated carbocycles. The Labute approximate surface area is 142 Å². The van der Waals surface area contributed by atoms with E-state index in [0.717, 1.165) is 5.56 Å². The van der Waals surface area contributed by atoms with Crippen LogP contribution in [0.4, 0.5) is 11.4 Å². The van der Waals surface area contributed by atoms with Crippen LogP contribution in [0, 0.1) is 6.92 Å². The summed E-state index contributed by atoms with van der Waals surface area (Å²) in [7, 11) is 0. The second-order valence-corrected chi connectivity index (χ2v) is 5.69. The van der Waals surface area contributed by atoms with Crippen molar-refractivity contribution < 1.29 is 9.59 Å². The van der Waals surface area contributed by atoms with E-state index in [0.29, 0.717) is 10.7 Å². The number of anilines is 2. The van der Waals surface area contributed by atoms with Crippen LogP contribution in [0.2, 0.25) is 15.1 Å². The highest BCUT2D eigenvalue weighted by Crippen LogP contribution is 2.29. The van der Waals surface area contributed by atoms with Crippen molar-refractivity contribution in [2.45, 2.75) is 6.92 Å². The van der Waals surface area contributed by atoms with E-state index >= 15 is 0 Å². The first-order valence-corrected chi connectivity index (χ1v) is 7.34. The fourth-order valence-corrected chi connectivity index (χ4v) is 2.30. The van der Waals surface area contributed by atoms with Gasteiger partial charge in [-0.15, -0.1) is 0 Å². The van der Waals surface area contributed by atoms with Crippen LogP contribution in [0.15, 0.2) is 36.4 Å². The lowest BCUT2D eigenvalue weighted by atomic mass is 10.2. The minimum absolute atomic E-state index is 0.174. The van der Waals surface area contributed by atoms with Gasteiger partial charge in [0, 0.05) is 10.7 Å². The van der Waals surface area contributed by atoms with E-state index in [1.165, 1.54) is 0 Å². The summed E-state index contributed by atoms with van der Waals surface area (Å²) in [6, 6.07) is 9.67. The molecule has 0 aliphatic heterocycles. The number of rotatable bonds is 2. The van der Waals surface area contributed by atoms with Gasteiger partial charge in [0.05, 0.1) is 15.7 Å². The van der Waals surface area contributed by atoms with Gasteiger partial charge in [-0.2, -0.15) is 0 Å². The van der Waals surface area contributed by atoms with E-state index in [1.54, 1.807) is 43.3 Å². The Balaban J connectivity index is 2.09. The minimum Gasteiger partial charge on any atom is -0.318 e. The van der Waals surface area contributed by atoms with E-state index in [4.69, 9.17) is 34.8 Å². The molecule has 2 aromatic carbocycles. The maximum atomic E-state index is 11.9. The zero-order valence-electron chi connectivity index (χ0n) is 11.4. The van der Waals surface area contributed by atoms with Crippen molar-refractivity contribution in [1.82, 2.24) is 0 Å².